The van der Waals surface area contributed by atoms with Crippen LogP contribution in [-0.4, -0.2) is 37.3 Å². The number of ether oxygens (including phenoxy) is 1. The summed E-state index contributed by atoms with van der Waals surface area (Å²) < 4.78 is 4.99. The molecule has 1 aliphatic heterocycles. The number of phenolic OH excluding ortho intramolecular Hbond substituents is 1. The molecule has 1 saturated carbocycles. The Morgan fingerprint density at radius 1 is 1.33 bits per heavy atom. The highest BCUT2D eigenvalue weighted by Gasteiger charge is 2.34. The van der Waals surface area contributed by atoms with Crippen LogP contribution >= 0.6 is 0 Å². The Morgan fingerprint density at radius 2 is 2.14 bits per heavy atom. The van der Waals surface area contributed by atoms with Crippen molar-refractivity contribution in [3.63, 3.8) is 0 Å². The molecule has 1 aromatic rings. The maximum absolute atomic E-state index is 12.3. The fourth-order valence-corrected chi connectivity index (χ4v) is 3.53. The van der Waals surface area contributed by atoms with Gasteiger partial charge in [-0.15, -0.1) is 0 Å². The minimum atomic E-state index is -0.123. The fourth-order valence-electron chi connectivity index (χ4n) is 3.53. The molecule has 1 amide bonds. The summed E-state index contributed by atoms with van der Waals surface area (Å²) in [5, 5.41) is 16.3. The number of carbonyl (C=O) groups excluding carboxylic acids is 1. The molecule has 3 N–H and O–H groups in total. The van der Waals surface area contributed by atoms with E-state index in [1.807, 2.05) is 0 Å². The third-order valence-corrected chi connectivity index (χ3v) is 4.73. The van der Waals surface area contributed by atoms with Crippen LogP contribution in [0.15, 0.2) is 18.2 Å². The smallest absolute Gasteiger partial charge is 0.251 e. The van der Waals surface area contributed by atoms with Gasteiger partial charge in [0.05, 0.1) is 7.11 Å². The second kappa shape index (κ2) is 5.93. The Balaban J connectivity index is 1.62. The molecule has 0 bridgehead atoms. The largest absolute Gasteiger partial charge is 0.504 e. The van der Waals surface area contributed by atoms with Crippen LogP contribution in [0.1, 0.15) is 29.6 Å². The summed E-state index contributed by atoms with van der Waals surface area (Å²) in [5.74, 6) is 1.72. The van der Waals surface area contributed by atoms with Crippen molar-refractivity contribution in [2.45, 2.75) is 25.3 Å². The van der Waals surface area contributed by atoms with Gasteiger partial charge in [-0.05, 0) is 62.4 Å². The summed E-state index contributed by atoms with van der Waals surface area (Å²) in [6.45, 7) is 2.19. The van der Waals surface area contributed by atoms with Crippen LogP contribution in [0.25, 0.3) is 0 Å². The molecule has 5 heteroatoms. The van der Waals surface area contributed by atoms with Crippen molar-refractivity contribution in [2.75, 3.05) is 20.2 Å². The topological polar surface area (TPSA) is 70.6 Å². The normalized spacial score (nSPS) is 28.0. The molecule has 114 valence electrons. The van der Waals surface area contributed by atoms with Crippen molar-refractivity contribution in [1.29, 1.82) is 0 Å². The van der Waals surface area contributed by atoms with E-state index in [1.54, 1.807) is 12.1 Å². The van der Waals surface area contributed by atoms with Crippen LogP contribution in [0.3, 0.4) is 0 Å². The Morgan fingerprint density at radius 3 is 2.90 bits per heavy atom. The van der Waals surface area contributed by atoms with Crippen LogP contribution in [0.2, 0.25) is 0 Å². The Bertz CT molecular complexity index is 532. The van der Waals surface area contributed by atoms with Gasteiger partial charge in [0.25, 0.3) is 5.91 Å². The van der Waals surface area contributed by atoms with Gasteiger partial charge in [0.1, 0.15) is 0 Å². The zero-order valence-corrected chi connectivity index (χ0v) is 12.3. The lowest BCUT2D eigenvalue weighted by atomic mass is 9.79. The van der Waals surface area contributed by atoms with Gasteiger partial charge in [0, 0.05) is 11.6 Å². The first kappa shape index (κ1) is 14.2. The van der Waals surface area contributed by atoms with Crippen molar-refractivity contribution in [1.82, 2.24) is 10.6 Å². The van der Waals surface area contributed by atoms with Crippen molar-refractivity contribution in [3.8, 4) is 11.5 Å². The minimum absolute atomic E-state index is 0.00569. The number of aromatic hydroxyl groups is 1. The number of rotatable bonds is 3. The average molecular weight is 290 g/mol. The molecule has 1 saturated heterocycles. The molecule has 0 aromatic heterocycles. The number of fused-ring (bicyclic) bond motifs is 1. The molecule has 3 rings (SSSR count). The zero-order valence-electron chi connectivity index (χ0n) is 12.3. The quantitative estimate of drug-likeness (QED) is 0.789. The van der Waals surface area contributed by atoms with E-state index >= 15 is 0 Å². The first-order chi connectivity index (χ1) is 10.2. The molecule has 0 spiro atoms. The summed E-state index contributed by atoms with van der Waals surface area (Å²) in [6, 6.07) is 4.98. The summed E-state index contributed by atoms with van der Waals surface area (Å²) in [6.07, 6.45) is 3.26. The fraction of sp³-hybridized carbons (Fsp3) is 0.562. The number of nitrogens with one attached hydrogen (secondary N) is 2. The van der Waals surface area contributed by atoms with Gasteiger partial charge in [-0.2, -0.15) is 0 Å². The molecule has 3 atom stereocenters. The molecule has 2 fully saturated rings. The molecule has 1 aromatic carbocycles. The number of hydrogen-bond donors (Lipinski definition) is 3. The van der Waals surface area contributed by atoms with Crippen molar-refractivity contribution >= 4 is 5.91 Å². The average Bonchev–Trinajstić information content (AvgIpc) is 2.94. The number of carbonyl (C=O) groups is 1. The van der Waals surface area contributed by atoms with Gasteiger partial charge in [-0.25, -0.2) is 0 Å². The van der Waals surface area contributed by atoms with Crippen LogP contribution in [0.4, 0.5) is 0 Å². The second-order valence-corrected chi connectivity index (χ2v) is 6.05. The highest BCUT2D eigenvalue weighted by atomic mass is 16.5. The molecule has 0 radical (unpaired) electrons. The van der Waals surface area contributed by atoms with E-state index in [0.29, 0.717) is 17.2 Å². The predicted octanol–water partition coefficient (Wildman–Crippen LogP) is 1.52. The first-order valence-electron chi connectivity index (χ1n) is 7.56. The van der Waals surface area contributed by atoms with E-state index in [2.05, 4.69) is 10.6 Å². The molecule has 1 aliphatic carbocycles. The Hall–Kier alpha value is -1.75. The molecule has 1 heterocycles. The molecular formula is C16H22N2O3. The van der Waals surface area contributed by atoms with E-state index in [1.165, 1.54) is 19.6 Å². The van der Waals surface area contributed by atoms with E-state index in [9.17, 15) is 9.90 Å². The maximum atomic E-state index is 12.3. The Labute approximate surface area is 124 Å². The lowest BCUT2D eigenvalue weighted by molar-refractivity contribution is 0.0913. The van der Waals surface area contributed by atoms with E-state index in [0.717, 1.165) is 31.8 Å². The maximum Gasteiger partial charge on any atom is 0.251 e. The first-order valence-corrected chi connectivity index (χ1v) is 7.56. The summed E-state index contributed by atoms with van der Waals surface area (Å²) in [7, 11) is 1.49. The van der Waals surface area contributed by atoms with Crippen LogP contribution in [0.5, 0.6) is 11.5 Å². The van der Waals surface area contributed by atoms with Gasteiger partial charge in [0.15, 0.2) is 11.5 Å². The minimum Gasteiger partial charge on any atom is -0.504 e. The number of benzene rings is 1. The van der Waals surface area contributed by atoms with Gasteiger partial charge in [-0.3, -0.25) is 4.79 Å². The molecule has 21 heavy (non-hydrogen) atoms. The molecule has 1 unspecified atom stereocenters. The second-order valence-electron chi connectivity index (χ2n) is 6.05. The van der Waals surface area contributed by atoms with E-state index in [-0.39, 0.29) is 17.7 Å². The predicted molar refractivity (Wildman–Crippen MR) is 79.6 cm³/mol. The monoisotopic (exact) mass is 290 g/mol. The molecule has 2 aliphatic rings. The number of hydrogen-bond acceptors (Lipinski definition) is 4. The van der Waals surface area contributed by atoms with Gasteiger partial charge in [0.2, 0.25) is 0 Å². The highest BCUT2D eigenvalue weighted by molar-refractivity contribution is 5.95. The summed E-state index contributed by atoms with van der Waals surface area (Å²) >= 11 is 0. The third-order valence-electron chi connectivity index (χ3n) is 4.73. The van der Waals surface area contributed by atoms with Crippen molar-refractivity contribution in [2.24, 2.45) is 11.8 Å². The molecule has 5 nitrogen and oxygen atoms in total. The molecular weight excluding hydrogens is 268 g/mol. The number of phenols is 1. The lowest BCUT2D eigenvalue weighted by Gasteiger charge is -2.31. The summed E-state index contributed by atoms with van der Waals surface area (Å²) in [4.78, 5) is 12.3. The van der Waals surface area contributed by atoms with Gasteiger partial charge >= 0.3 is 0 Å². The van der Waals surface area contributed by atoms with E-state index in [4.69, 9.17) is 4.74 Å². The van der Waals surface area contributed by atoms with Crippen LogP contribution < -0.4 is 15.4 Å². The summed E-state index contributed by atoms with van der Waals surface area (Å²) in [5.41, 5.74) is 0.472. The van der Waals surface area contributed by atoms with Crippen molar-refractivity contribution in [3.05, 3.63) is 23.8 Å². The van der Waals surface area contributed by atoms with Crippen LogP contribution in [-0.2, 0) is 0 Å². The standard InChI is InChI=1S/C16H22N2O3/c1-21-15-5-3-10(7-14(15)19)16(20)18-13-4-2-11-8-17-9-12(11)6-13/h3,5,7,11-13,17,19H,2,4,6,8-9H2,1H3,(H,18,20)/t11-,12+,13?/m0/s1. The Kier molecular flexibility index (Phi) is 4.01. The zero-order chi connectivity index (χ0) is 14.8. The van der Waals surface area contributed by atoms with Crippen molar-refractivity contribution < 1.29 is 14.6 Å². The van der Waals surface area contributed by atoms with Gasteiger partial charge in [-0.1, -0.05) is 0 Å². The SMILES string of the molecule is COc1ccc(C(=O)NC2CC[C@H]3CNC[C@H]3C2)cc1O. The number of amides is 1. The number of methoxy groups -OCH3 is 1. The van der Waals surface area contributed by atoms with E-state index < -0.39 is 0 Å². The van der Waals surface area contributed by atoms with Crippen LogP contribution in [0, 0.1) is 11.8 Å². The van der Waals surface area contributed by atoms with Gasteiger partial charge < -0.3 is 20.5 Å². The third kappa shape index (κ3) is 2.97. The highest BCUT2D eigenvalue weighted by Crippen LogP contribution is 2.33. The lowest BCUT2D eigenvalue weighted by Crippen LogP contribution is -2.40.